The predicted octanol–water partition coefficient (Wildman–Crippen LogP) is 3.03. The molecule has 1 heterocycles. The van der Waals surface area contributed by atoms with Crippen LogP contribution in [-0.2, 0) is 0 Å². The lowest BCUT2D eigenvalue weighted by atomic mass is 10.2. The summed E-state index contributed by atoms with van der Waals surface area (Å²) in [5.41, 5.74) is 1.47. The van der Waals surface area contributed by atoms with Gasteiger partial charge in [0.25, 0.3) is 0 Å². The summed E-state index contributed by atoms with van der Waals surface area (Å²) in [5.74, 6) is 1.81. The second-order valence-corrected chi connectivity index (χ2v) is 4.32. The Labute approximate surface area is 117 Å². The maximum atomic E-state index is 13.7. The highest BCUT2D eigenvalue weighted by Gasteiger charge is 2.10. The third-order valence-corrected chi connectivity index (χ3v) is 2.91. The summed E-state index contributed by atoms with van der Waals surface area (Å²) in [6, 6.07) is 4.67. The number of ether oxygens (including phenoxy) is 1. The van der Waals surface area contributed by atoms with Crippen molar-refractivity contribution in [1.82, 2.24) is 9.97 Å². The third kappa shape index (κ3) is 2.79. The van der Waals surface area contributed by atoms with Gasteiger partial charge < -0.3 is 15.4 Å². The minimum Gasteiger partial charge on any atom is -0.494 e. The van der Waals surface area contributed by atoms with Crippen molar-refractivity contribution in [3.63, 3.8) is 0 Å². The normalized spacial score (nSPS) is 10.2. The van der Waals surface area contributed by atoms with E-state index in [0.29, 0.717) is 17.3 Å². The molecule has 1 aromatic carbocycles. The number of nitrogens with zero attached hydrogens (tertiary/aromatic N) is 2. The van der Waals surface area contributed by atoms with Crippen LogP contribution in [0, 0.1) is 19.7 Å². The molecule has 0 amide bonds. The van der Waals surface area contributed by atoms with Crippen molar-refractivity contribution in [2.45, 2.75) is 13.8 Å². The molecule has 106 valence electrons. The second kappa shape index (κ2) is 5.73. The van der Waals surface area contributed by atoms with Gasteiger partial charge in [0, 0.05) is 24.4 Å². The van der Waals surface area contributed by atoms with Crippen LogP contribution in [0.3, 0.4) is 0 Å². The van der Waals surface area contributed by atoms with Crippen molar-refractivity contribution in [2.24, 2.45) is 0 Å². The summed E-state index contributed by atoms with van der Waals surface area (Å²) in [7, 11) is 3.23. The van der Waals surface area contributed by atoms with Crippen LogP contribution in [0.25, 0.3) is 0 Å². The minimum atomic E-state index is -0.422. The number of methoxy groups -OCH3 is 1. The van der Waals surface area contributed by atoms with Crippen molar-refractivity contribution < 1.29 is 9.13 Å². The number of anilines is 3. The van der Waals surface area contributed by atoms with Gasteiger partial charge in [0.15, 0.2) is 11.6 Å². The van der Waals surface area contributed by atoms with E-state index in [-0.39, 0.29) is 5.75 Å². The number of hydrogen-bond donors (Lipinski definition) is 2. The van der Waals surface area contributed by atoms with E-state index in [1.54, 1.807) is 26.1 Å². The first-order chi connectivity index (χ1) is 9.55. The van der Waals surface area contributed by atoms with E-state index in [0.717, 1.165) is 11.4 Å². The molecule has 2 aromatic rings. The highest BCUT2D eigenvalue weighted by Crippen LogP contribution is 2.26. The van der Waals surface area contributed by atoms with Crippen LogP contribution in [0.4, 0.5) is 21.7 Å². The number of rotatable bonds is 4. The Bertz CT molecular complexity index is 631. The van der Waals surface area contributed by atoms with Gasteiger partial charge in [-0.3, -0.25) is 0 Å². The molecule has 0 aliphatic heterocycles. The zero-order chi connectivity index (χ0) is 14.7. The molecule has 0 radical (unpaired) electrons. The standard InChI is InChI=1S/C14H17FN4O/c1-8-13(16-3)17-9(2)18-14(8)19-10-5-6-12(20-4)11(15)7-10/h5-7H,1-4H3,(H2,16,17,18,19). The molecule has 2 N–H and O–H groups in total. The van der Waals surface area contributed by atoms with E-state index < -0.39 is 5.82 Å². The quantitative estimate of drug-likeness (QED) is 0.899. The molecule has 0 aliphatic carbocycles. The molecule has 0 atom stereocenters. The molecule has 1 aromatic heterocycles. The fraction of sp³-hybridized carbons (Fsp3) is 0.286. The molecule has 6 heteroatoms. The Morgan fingerprint density at radius 3 is 2.45 bits per heavy atom. The highest BCUT2D eigenvalue weighted by atomic mass is 19.1. The molecule has 0 fully saturated rings. The fourth-order valence-corrected chi connectivity index (χ4v) is 1.87. The lowest BCUT2D eigenvalue weighted by Gasteiger charge is -2.13. The number of aryl methyl sites for hydroxylation is 1. The lowest BCUT2D eigenvalue weighted by molar-refractivity contribution is 0.386. The average Bonchev–Trinajstić information content (AvgIpc) is 2.42. The van der Waals surface area contributed by atoms with Gasteiger partial charge in [-0.15, -0.1) is 0 Å². The minimum absolute atomic E-state index is 0.210. The Kier molecular flexibility index (Phi) is 4.02. The van der Waals surface area contributed by atoms with Crippen LogP contribution < -0.4 is 15.4 Å². The largest absolute Gasteiger partial charge is 0.494 e. The average molecular weight is 276 g/mol. The van der Waals surface area contributed by atoms with Crippen molar-refractivity contribution in [1.29, 1.82) is 0 Å². The predicted molar refractivity (Wildman–Crippen MR) is 77.3 cm³/mol. The van der Waals surface area contributed by atoms with Crippen LogP contribution in [0.5, 0.6) is 5.75 Å². The summed E-state index contributed by atoms with van der Waals surface area (Å²) in [6.07, 6.45) is 0. The zero-order valence-electron chi connectivity index (χ0n) is 11.9. The van der Waals surface area contributed by atoms with Crippen molar-refractivity contribution in [2.75, 3.05) is 24.8 Å². The van der Waals surface area contributed by atoms with E-state index in [1.807, 2.05) is 6.92 Å². The van der Waals surface area contributed by atoms with Gasteiger partial charge in [-0.1, -0.05) is 0 Å². The number of benzene rings is 1. The Hall–Kier alpha value is -2.37. The van der Waals surface area contributed by atoms with E-state index in [1.165, 1.54) is 13.2 Å². The maximum absolute atomic E-state index is 13.7. The van der Waals surface area contributed by atoms with E-state index >= 15 is 0 Å². The van der Waals surface area contributed by atoms with Crippen LogP contribution >= 0.6 is 0 Å². The van der Waals surface area contributed by atoms with E-state index in [9.17, 15) is 4.39 Å². The maximum Gasteiger partial charge on any atom is 0.167 e. The van der Waals surface area contributed by atoms with Crippen molar-refractivity contribution in [3.8, 4) is 5.75 Å². The topological polar surface area (TPSA) is 59.1 Å². The van der Waals surface area contributed by atoms with Crippen LogP contribution in [0.1, 0.15) is 11.4 Å². The Morgan fingerprint density at radius 1 is 1.15 bits per heavy atom. The molecule has 0 saturated heterocycles. The Morgan fingerprint density at radius 2 is 1.85 bits per heavy atom. The molecular formula is C14H17FN4O. The number of hydrogen-bond acceptors (Lipinski definition) is 5. The molecule has 0 bridgehead atoms. The third-order valence-electron chi connectivity index (χ3n) is 2.91. The summed E-state index contributed by atoms with van der Waals surface area (Å²) in [4.78, 5) is 8.62. The summed E-state index contributed by atoms with van der Waals surface area (Å²) < 4.78 is 18.6. The second-order valence-electron chi connectivity index (χ2n) is 4.32. The van der Waals surface area contributed by atoms with Crippen LogP contribution in [-0.4, -0.2) is 24.1 Å². The lowest BCUT2D eigenvalue weighted by Crippen LogP contribution is -2.05. The van der Waals surface area contributed by atoms with E-state index in [2.05, 4.69) is 20.6 Å². The van der Waals surface area contributed by atoms with Gasteiger partial charge in [-0.2, -0.15) is 0 Å². The van der Waals surface area contributed by atoms with Crippen molar-refractivity contribution in [3.05, 3.63) is 35.4 Å². The van der Waals surface area contributed by atoms with Crippen LogP contribution in [0.15, 0.2) is 18.2 Å². The molecule has 5 nitrogen and oxygen atoms in total. The van der Waals surface area contributed by atoms with E-state index in [4.69, 9.17) is 4.74 Å². The van der Waals surface area contributed by atoms with Gasteiger partial charge in [-0.05, 0) is 26.0 Å². The smallest absolute Gasteiger partial charge is 0.167 e. The van der Waals surface area contributed by atoms with Gasteiger partial charge in [0.2, 0.25) is 0 Å². The first-order valence-electron chi connectivity index (χ1n) is 6.18. The highest BCUT2D eigenvalue weighted by molar-refractivity contribution is 5.65. The first-order valence-corrected chi connectivity index (χ1v) is 6.18. The summed E-state index contributed by atoms with van der Waals surface area (Å²) in [6.45, 7) is 3.70. The van der Waals surface area contributed by atoms with Gasteiger partial charge in [0.05, 0.1) is 7.11 Å². The van der Waals surface area contributed by atoms with Gasteiger partial charge >= 0.3 is 0 Å². The van der Waals surface area contributed by atoms with Crippen molar-refractivity contribution >= 4 is 17.3 Å². The zero-order valence-corrected chi connectivity index (χ0v) is 11.9. The molecule has 0 unspecified atom stereocenters. The SMILES string of the molecule is CNc1nc(C)nc(Nc2ccc(OC)c(F)c2)c1C. The molecule has 0 spiro atoms. The first kappa shape index (κ1) is 14.0. The number of halogens is 1. The Balaban J connectivity index is 2.34. The summed E-state index contributed by atoms with van der Waals surface area (Å²) in [5, 5.41) is 6.10. The van der Waals surface area contributed by atoms with Gasteiger partial charge in [0.1, 0.15) is 17.5 Å². The number of aromatic nitrogens is 2. The van der Waals surface area contributed by atoms with Crippen LogP contribution in [0.2, 0.25) is 0 Å². The molecule has 2 rings (SSSR count). The van der Waals surface area contributed by atoms with Gasteiger partial charge in [-0.25, -0.2) is 14.4 Å². The molecular weight excluding hydrogens is 259 g/mol. The fourth-order valence-electron chi connectivity index (χ4n) is 1.87. The molecule has 20 heavy (non-hydrogen) atoms. The molecule has 0 aliphatic rings. The summed E-state index contributed by atoms with van der Waals surface area (Å²) >= 11 is 0. The molecule has 0 saturated carbocycles. The number of nitrogens with one attached hydrogen (secondary N) is 2. The monoisotopic (exact) mass is 276 g/mol.